The molecule has 0 aliphatic rings. The van der Waals surface area contributed by atoms with Gasteiger partial charge in [-0.3, -0.25) is 4.98 Å². The van der Waals surface area contributed by atoms with Gasteiger partial charge in [-0.25, -0.2) is 0 Å². The van der Waals surface area contributed by atoms with Crippen molar-refractivity contribution in [1.82, 2.24) is 4.98 Å². The largest absolute Gasteiger partial charge is 0.260 e. The molecule has 2 aromatic rings. The highest BCUT2D eigenvalue weighted by Gasteiger charge is 2.00. The summed E-state index contributed by atoms with van der Waals surface area (Å²) in [7, 11) is 0. The van der Waals surface area contributed by atoms with E-state index < -0.39 is 0 Å². The highest BCUT2D eigenvalue weighted by molar-refractivity contribution is 6.30. The molecule has 0 atom stereocenters. The minimum atomic E-state index is 0.335. The summed E-state index contributed by atoms with van der Waals surface area (Å²) in [5.41, 5.74) is 2.91. The van der Waals surface area contributed by atoms with Crippen molar-refractivity contribution >= 4 is 11.6 Å². The van der Waals surface area contributed by atoms with Crippen LogP contribution in [0.3, 0.4) is 0 Å². The molecule has 16 heavy (non-hydrogen) atoms. The summed E-state index contributed by atoms with van der Waals surface area (Å²) in [5.74, 6) is 0. The Kier molecular flexibility index (Phi) is 3.19. The van der Waals surface area contributed by atoms with Crippen LogP contribution in [0.2, 0.25) is 5.02 Å². The number of hydrogen-bond donors (Lipinski definition) is 0. The van der Waals surface area contributed by atoms with Gasteiger partial charge in [0.2, 0.25) is 0 Å². The number of benzene rings is 1. The normalized spacial score (nSPS) is 9.75. The van der Waals surface area contributed by atoms with Crippen LogP contribution in [0, 0.1) is 11.3 Å². The molecule has 2 rings (SSSR count). The summed E-state index contributed by atoms with van der Waals surface area (Å²) in [6.07, 6.45) is 2.05. The zero-order chi connectivity index (χ0) is 11.4. The number of halogens is 1. The Bertz CT molecular complexity index is 526. The van der Waals surface area contributed by atoms with Crippen LogP contribution in [0.15, 0.2) is 42.6 Å². The summed E-state index contributed by atoms with van der Waals surface area (Å²) in [6, 6.07) is 13.5. The van der Waals surface area contributed by atoms with E-state index in [4.69, 9.17) is 16.9 Å². The van der Waals surface area contributed by atoms with Crippen molar-refractivity contribution in [3.63, 3.8) is 0 Å². The highest BCUT2D eigenvalue weighted by atomic mass is 35.5. The molecule has 0 bridgehead atoms. The van der Waals surface area contributed by atoms with Gasteiger partial charge >= 0.3 is 0 Å². The zero-order valence-corrected chi connectivity index (χ0v) is 9.28. The van der Waals surface area contributed by atoms with E-state index in [1.807, 2.05) is 36.4 Å². The van der Waals surface area contributed by atoms with Gasteiger partial charge in [0.05, 0.1) is 18.2 Å². The quantitative estimate of drug-likeness (QED) is 0.789. The fraction of sp³-hybridized carbons (Fsp3) is 0.0769. The second-order valence-electron chi connectivity index (χ2n) is 3.38. The van der Waals surface area contributed by atoms with E-state index >= 15 is 0 Å². The molecular weight excluding hydrogens is 220 g/mol. The van der Waals surface area contributed by atoms with Gasteiger partial charge in [-0.05, 0) is 35.4 Å². The van der Waals surface area contributed by atoms with Crippen molar-refractivity contribution in [2.45, 2.75) is 6.42 Å². The summed E-state index contributed by atoms with van der Waals surface area (Å²) in [6.45, 7) is 0. The van der Waals surface area contributed by atoms with Crippen molar-refractivity contribution in [1.29, 1.82) is 5.26 Å². The Morgan fingerprint density at radius 3 is 2.56 bits per heavy atom. The van der Waals surface area contributed by atoms with Crippen molar-refractivity contribution in [3.8, 4) is 17.2 Å². The van der Waals surface area contributed by atoms with Crippen LogP contribution in [0.1, 0.15) is 5.69 Å². The summed E-state index contributed by atoms with van der Waals surface area (Å²) >= 11 is 5.82. The molecule has 78 valence electrons. The van der Waals surface area contributed by atoms with Gasteiger partial charge in [0, 0.05) is 11.2 Å². The van der Waals surface area contributed by atoms with Crippen LogP contribution in [0.5, 0.6) is 0 Å². The lowest BCUT2D eigenvalue weighted by atomic mass is 10.1. The zero-order valence-electron chi connectivity index (χ0n) is 8.52. The van der Waals surface area contributed by atoms with Crippen LogP contribution in [0.4, 0.5) is 0 Å². The first-order valence-corrected chi connectivity index (χ1v) is 5.25. The van der Waals surface area contributed by atoms with Gasteiger partial charge in [-0.15, -0.1) is 0 Å². The Morgan fingerprint density at radius 1 is 1.12 bits per heavy atom. The third kappa shape index (κ3) is 2.39. The van der Waals surface area contributed by atoms with Gasteiger partial charge in [-0.1, -0.05) is 23.7 Å². The Hall–Kier alpha value is -1.85. The molecule has 1 aromatic carbocycles. The Labute approximate surface area is 99.1 Å². The standard InChI is InChI=1S/C13H9ClN2/c14-12-3-1-10(2-4-12)11-6-8-16-13(9-11)5-7-15/h1-4,6,8-9H,5H2. The molecule has 0 aliphatic heterocycles. The van der Waals surface area contributed by atoms with Gasteiger partial charge < -0.3 is 0 Å². The SMILES string of the molecule is N#CCc1cc(-c2ccc(Cl)cc2)ccn1. The number of hydrogen-bond acceptors (Lipinski definition) is 2. The van der Waals surface area contributed by atoms with E-state index in [0.717, 1.165) is 21.8 Å². The molecule has 0 radical (unpaired) electrons. The third-order valence-corrected chi connectivity index (χ3v) is 2.51. The highest BCUT2D eigenvalue weighted by Crippen LogP contribution is 2.21. The number of pyridine rings is 1. The van der Waals surface area contributed by atoms with E-state index in [0.29, 0.717) is 6.42 Å². The van der Waals surface area contributed by atoms with Gasteiger partial charge in [0.15, 0.2) is 0 Å². The molecule has 0 saturated heterocycles. The van der Waals surface area contributed by atoms with Crippen LogP contribution in [-0.4, -0.2) is 4.98 Å². The van der Waals surface area contributed by atoms with Gasteiger partial charge in [0.25, 0.3) is 0 Å². The minimum absolute atomic E-state index is 0.335. The lowest BCUT2D eigenvalue weighted by molar-refractivity contribution is 1.12. The maximum absolute atomic E-state index is 8.61. The molecule has 0 saturated carbocycles. The maximum atomic E-state index is 8.61. The number of aromatic nitrogens is 1. The average molecular weight is 229 g/mol. The first-order chi connectivity index (χ1) is 7.79. The van der Waals surface area contributed by atoms with E-state index in [9.17, 15) is 0 Å². The molecule has 2 nitrogen and oxygen atoms in total. The predicted molar refractivity (Wildman–Crippen MR) is 64.0 cm³/mol. The predicted octanol–water partition coefficient (Wildman–Crippen LogP) is 3.47. The lowest BCUT2D eigenvalue weighted by Crippen LogP contribution is -1.88. The number of nitrogens with zero attached hydrogens (tertiary/aromatic N) is 2. The van der Waals surface area contributed by atoms with Crippen molar-refractivity contribution in [3.05, 3.63) is 53.3 Å². The summed E-state index contributed by atoms with van der Waals surface area (Å²) < 4.78 is 0. The van der Waals surface area contributed by atoms with Crippen molar-refractivity contribution < 1.29 is 0 Å². The topological polar surface area (TPSA) is 36.7 Å². The monoisotopic (exact) mass is 228 g/mol. The summed E-state index contributed by atoms with van der Waals surface area (Å²) in [4.78, 5) is 4.12. The van der Waals surface area contributed by atoms with Crippen LogP contribution in [0.25, 0.3) is 11.1 Å². The second kappa shape index (κ2) is 4.78. The Balaban J connectivity index is 2.37. The van der Waals surface area contributed by atoms with Crippen LogP contribution >= 0.6 is 11.6 Å². The molecule has 1 heterocycles. The van der Waals surface area contributed by atoms with Crippen molar-refractivity contribution in [2.24, 2.45) is 0 Å². The Morgan fingerprint density at radius 2 is 1.88 bits per heavy atom. The van der Waals surface area contributed by atoms with Gasteiger partial charge in [0.1, 0.15) is 0 Å². The first-order valence-electron chi connectivity index (χ1n) is 4.87. The maximum Gasteiger partial charge on any atom is 0.0774 e. The number of rotatable bonds is 2. The molecule has 0 unspecified atom stereocenters. The van der Waals surface area contributed by atoms with E-state index in [2.05, 4.69) is 11.1 Å². The fourth-order valence-electron chi connectivity index (χ4n) is 1.48. The molecular formula is C13H9ClN2. The molecule has 0 amide bonds. The first kappa shape index (κ1) is 10.7. The third-order valence-electron chi connectivity index (χ3n) is 2.25. The molecule has 0 spiro atoms. The van der Waals surface area contributed by atoms with E-state index in [-0.39, 0.29) is 0 Å². The van der Waals surface area contributed by atoms with E-state index in [1.165, 1.54) is 0 Å². The minimum Gasteiger partial charge on any atom is -0.260 e. The average Bonchev–Trinajstić information content (AvgIpc) is 2.31. The van der Waals surface area contributed by atoms with Crippen LogP contribution in [-0.2, 0) is 6.42 Å². The smallest absolute Gasteiger partial charge is 0.0774 e. The van der Waals surface area contributed by atoms with Crippen molar-refractivity contribution in [2.75, 3.05) is 0 Å². The second-order valence-corrected chi connectivity index (χ2v) is 3.81. The van der Waals surface area contributed by atoms with Gasteiger partial charge in [-0.2, -0.15) is 5.26 Å². The van der Waals surface area contributed by atoms with E-state index in [1.54, 1.807) is 6.20 Å². The summed E-state index contributed by atoms with van der Waals surface area (Å²) in [5, 5.41) is 9.33. The molecule has 1 aromatic heterocycles. The number of nitriles is 1. The molecule has 0 aliphatic carbocycles. The molecule has 0 fully saturated rings. The molecule has 3 heteroatoms. The fourth-order valence-corrected chi connectivity index (χ4v) is 1.60. The lowest BCUT2D eigenvalue weighted by Gasteiger charge is -2.02. The molecule has 0 N–H and O–H groups in total. The van der Waals surface area contributed by atoms with Crippen LogP contribution < -0.4 is 0 Å².